The van der Waals surface area contributed by atoms with Gasteiger partial charge in [-0.25, -0.2) is 13.1 Å². The Morgan fingerprint density at radius 2 is 2.05 bits per heavy atom. The molecule has 0 amide bonds. The number of rotatable bonds is 5. The lowest BCUT2D eigenvalue weighted by Crippen LogP contribution is -2.38. The van der Waals surface area contributed by atoms with Crippen LogP contribution in [0.4, 0.5) is 5.69 Å². The zero-order valence-electron chi connectivity index (χ0n) is 12.2. The lowest BCUT2D eigenvalue weighted by molar-refractivity contribution is 0.194. The Morgan fingerprint density at radius 1 is 1.38 bits per heavy atom. The fraction of sp³-hybridized carbons (Fsp3) is 0.571. The number of halogens is 1. The molecule has 1 saturated heterocycles. The van der Waals surface area contributed by atoms with Crippen LogP contribution < -0.4 is 10.5 Å². The first-order chi connectivity index (χ1) is 9.92. The van der Waals surface area contributed by atoms with E-state index in [0.717, 1.165) is 36.9 Å². The van der Waals surface area contributed by atoms with E-state index < -0.39 is 10.0 Å². The van der Waals surface area contributed by atoms with Gasteiger partial charge in [0.15, 0.2) is 0 Å². The van der Waals surface area contributed by atoms with Crippen molar-refractivity contribution >= 4 is 31.6 Å². The van der Waals surface area contributed by atoms with Gasteiger partial charge in [0.25, 0.3) is 0 Å². The molecule has 0 unspecified atom stereocenters. The molecule has 0 bridgehead atoms. The van der Waals surface area contributed by atoms with E-state index in [4.69, 9.17) is 5.73 Å². The Labute approximate surface area is 135 Å². The first kappa shape index (κ1) is 16.7. The van der Waals surface area contributed by atoms with E-state index in [2.05, 4.69) is 32.5 Å². The normalized spacial score (nSPS) is 18.0. The highest BCUT2D eigenvalue weighted by atomic mass is 79.9. The summed E-state index contributed by atoms with van der Waals surface area (Å²) in [6, 6.07) is 4.82. The van der Waals surface area contributed by atoms with Crippen LogP contribution in [-0.2, 0) is 10.0 Å². The molecule has 118 valence electrons. The van der Waals surface area contributed by atoms with Crippen LogP contribution in [0.3, 0.4) is 0 Å². The summed E-state index contributed by atoms with van der Waals surface area (Å²) in [5.41, 5.74) is 6.06. The van der Waals surface area contributed by atoms with Gasteiger partial charge in [-0.15, -0.1) is 0 Å². The number of nitrogen functional groups attached to an aromatic ring is 1. The first-order valence-corrected chi connectivity index (χ1v) is 9.47. The summed E-state index contributed by atoms with van der Waals surface area (Å²) >= 11 is 3.28. The van der Waals surface area contributed by atoms with Gasteiger partial charge in [0, 0.05) is 11.0 Å². The molecule has 2 rings (SSSR count). The van der Waals surface area contributed by atoms with Crippen molar-refractivity contribution in [1.29, 1.82) is 0 Å². The number of hydrogen-bond acceptors (Lipinski definition) is 4. The molecular formula is C14H22BrN3O2S. The lowest BCUT2D eigenvalue weighted by Gasteiger charge is -2.31. The van der Waals surface area contributed by atoms with Gasteiger partial charge < -0.3 is 10.6 Å². The molecule has 1 fully saturated rings. The fourth-order valence-electron chi connectivity index (χ4n) is 2.58. The minimum absolute atomic E-state index is 0.150. The van der Waals surface area contributed by atoms with Crippen molar-refractivity contribution in [3.8, 4) is 0 Å². The number of nitrogens with two attached hydrogens (primary N) is 1. The molecule has 3 N–H and O–H groups in total. The van der Waals surface area contributed by atoms with Crippen molar-refractivity contribution in [2.75, 3.05) is 31.9 Å². The molecule has 0 saturated carbocycles. The summed E-state index contributed by atoms with van der Waals surface area (Å²) in [6.07, 6.45) is 2.07. The molecule has 1 aliphatic rings. The average molecular weight is 376 g/mol. The molecule has 1 aromatic carbocycles. The largest absolute Gasteiger partial charge is 0.398 e. The van der Waals surface area contributed by atoms with E-state index in [9.17, 15) is 8.42 Å². The molecular weight excluding hydrogens is 354 g/mol. The highest BCUT2D eigenvalue weighted by molar-refractivity contribution is 9.10. The second kappa shape index (κ2) is 7.09. The van der Waals surface area contributed by atoms with Gasteiger partial charge in [0.2, 0.25) is 10.0 Å². The first-order valence-electron chi connectivity index (χ1n) is 7.19. The van der Waals surface area contributed by atoms with E-state index >= 15 is 0 Å². The predicted molar refractivity (Wildman–Crippen MR) is 88.6 cm³/mol. The highest BCUT2D eigenvalue weighted by Crippen LogP contribution is 2.23. The van der Waals surface area contributed by atoms with E-state index in [0.29, 0.717) is 12.5 Å². The quantitative estimate of drug-likeness (QED) is 0.772. The SMILES string of the molecule is CCN1CCC(CNS(=O)(=O)c2ccc(Br)cc2N)CC1. The second-order valence-electron chi connectivity index (χ2n) is 5.41. The molecule has 5 nitrogen and oxygen atoms in total. The van der Waals surface area contributed by atoms with Crippen LogP contribution in [0.15, 0.2) is 27.6 Å². The molecule has 0 spiro atoms. The topological polar surface area (TPSA) is 75.4 Å². The summed E-state index contributed by atoms with van der Waals surface area (Å²) in [5, 5.41) is 0. The maximum Gasteiger partial charge on any atom is 0.242 e. The van der Waals surface area contributed by atoms with Gasteiger partial charge in [-0.3, -0.25) is 0 Å². The minimum atomic E-state index is -3.54. The maximum absolute atomic E-state index is 12.3. The molecule has 0 aromatic heterocycles. The van der Waals surface area contributed by atoms with Gasteiger partial charge >= 0.3 is 0 Å². The van der Waals surface area contributed by atoms with Gasteiger partial charge in [0.1, 0.15) is 4.90 Å². The number of hydrogen-bond donors (Lipinski definition) is 2. The number of piperidine rings is 1. The van der Waals surface area contributed by atoms with E-state index in [1.165, 1.54) is 6.07 Å². The van der Waals surface area contributed by atoms with Gasteiger partial charge in [-0.1, -0.05) is 22.9 Å². The fourth-order valence-corrected chi connectivity index (χ4v) is 4.18. The van der Waals surface area contributed by atoms with Gasteiger partial charge in [-0.05, 0) is 56.6 Å². The van der Waals surface area contributed by atoms with E-state index in [1.807, 2.05) is 0 Å². The summed E-state index contributed by atoms with van der Waals surface area (Å²) in [4.78, 5) is 2.54. The molecule has 0 aliphatic carbocycles. The summed E-state index contributed by atoms with van der Waals surface area (Å²) in [7, 11) is -3.54. The highest BCUT2D eigenvalue weighted by Gasteiger charge is 2.22. The zero-order valence-corrected chi connectivity index (χ0v) is 14.6. The Bertz CT molecular complexity index is 584. The summed E-state index contributed by atoms with van der Waals surface area (Å²) in [5.74, 6) is 0.402. The van der Waals surface area contributed by atoms with Crippen molar-refractivity contribution in [2.24, 2.45) is 5.92 Å². The Morgan fingerprint density at radius 3 is 2.62 bits per heavy atom. The molecule has 1 aliphatic heterocycles. The van der Waals surface area contributed by atoms with Crippen LogP contribution in [0, 0.1) is 5.92 Å². The number of benzene rings is 1. The average Bonchev–Trinajstić information content (AvgIpc) is 2.45. The maximum atomic E-state index is 12.3. The van der Waals surface area contributed by atoms with Gasteiger partial charge in [0.05, 0.1) is 5.69 Å². The van der Waals surface area contributed by atoms with Crippen LogP contribution in [-0.4, -0.2) is 39.5 Å². The number of sulfonamides is 1. The van der Waals surface area contributed by atoms with Crippen molar-refractivity contribution in [2.45, 2.75) is 24.7 Å². The van der Waals surface area contributed by atoms with Crippen molar-refractivity contribution in [1.82, 2.24) is 9.62 Å². The minimum Gasteiger partial charge on any atom is -0.398 e. The van der Waals surface area contributed by atoms with Gasteiger partial charge in [-0.2, -0.15) is 0 Å². The number of anilines is 1. The number of likely N-dealkylation sites (tertiary alicyclic amines) is 1. The molecule has 7 heteroatoms. The van der Waals surface area contributed by atoms with Crippen molar-refractivity contribution < 1.29 is 8.42 Å². The third-order valence-corrected chi connectivity index (χ3v) is 5.97. The van der Waals surface area contributed by atoms with Crippen molar-refractivity contribution in [3.05, 3.63) is 22.7 Å². The monoisotopic (exact) mass is 375 g/mol. The molecule has 0 radical (unpaired) electrons. The summed E-state index contributed by atoms with van der Waals surface area (Å²) in [6.45, 7) is 5.79. The van der Waals surface area contributed by atoms with Crippen LogP contribution in [0.5, 0.6) is 0 Å². The molecule has 0 atom stereocenters. The van der Waals surface area contributed by atoms with Crippen LogP contribution in [0.2, 0.25) is 0 Å². The predicted octanol–water partition coefficient (Wildman–Crippen LogP) is 2.04. The second-order valence-corrected chi connectivity index (χ2v) is 8.06. The molecule has 21 heavy (non-hydrogen) atoms. The van der Waals surface area contributed by atoms with Crippen LogP contribution >= 0.6 is 15.9 Å². The Hall–Kier alpha value is -0.630. The van der Waals surface area contributed by atoms with Crippen molar-refractivity contribution in [3.63, 3.8) is 0 Å². The molecule has 1 heterocycles. The lowest BCUT2D eigenvalue weighted by atomic mass is 9.97. The Kier molecular flexibility index (Phi) is 5.65. The third kappa shape index (κ3) is 4.42. The number of nitrogens with one attached hydrogen (secondary N) is 1. The zero-order chi connectivity index (χ0) is 15.5. The van der Waals surface area contributed by atoms with Crippen LogP contribution in [0.1, 0.15) is 19.8 Å². The summed E-state index contributed by atoms with van der Waals surface area (Å²) < 4.78 is 28.1. The third-order valence-electron chi connectivity index (χ3n) is 3.98. The molecule has 1 aromatic rings. The smallest absolute Gasteiger partial charge is 0.242 e. The van der Waals surface area contributed by atoms with Crippen LogP contribution in [0.25, 0.3) is 0 Å². The van der Waals surface area contributed by atoms with E-state index in [1.54, 1.807) is 12.1 Å². The Balaban J connectivity index is 1.96. The standard InChI is InChI=1S/C14H22BrN3O2S/c1-2-18-7-5-11(6-8-18)10-17-21(19,20)14-4-3-12(15)9-13(14)16/h3-4,9,11,17H,2,5-8,10,16H2,1H3. The number of nitrogens with zero attached hydrogens (tertiary/aromatic N) is 1. The van der Waals surface area contributed by atoms with E-state index in [-0.39, 0.29) is 10.6 Å².